The lowest BCUT2D eigenvalue weighted by Gasteiger charge is -2.17. The van der Waals surface area contributed by atoms with Crippen molar-refractivity contribution in [1.29, 1.82) is 0 Å². The normalized spacial score (nSPS) is 22.3. The monoisotopic (exact) mass is 262 g/mol. The topological polar surface area (TPSA) is 80.0 Å². The molecule has 1 aliphatic carbocycles. The molecule has 2 rings (SSSR count). The Hall–Kier alpha value is -1.62. The van der Waals surface area contributed by atoms with Gasteiger partial charge in [-0.05, 0) is 37.3 Å². The van der Waals surface area contributed by atoms with Crippen LogP contribution in [0.15, 0.2) is 12.1 Å². The minimum absolute atomic E-state index is 0.0349. The number of hydrogen-bond acceptors (Lipinski definition) is 4. The fraction of sp³-hybridized carbons (Fsp3) is 0.571. The van der Waals surface area contributed by atoms with Crippen LogP contribution in [0.5, 0.6) is 0 Å². The molecular weight excluding hydrogens is 240 g/mol. The number of rotatable bonds is 4. The van der Waals surface area contributed by atoms with E-state index in [0.29, 0.717) is 23.3 Å². The maximum Gasteiger partial charge on any atom is 0.251 e. The number of pyridine rings is 1. The van der Waals surface area contributed by atoms with Crippen molar-refractivity contribution in [2.24, 2.45) is 11.8 Å². The van der Waals surface area contributed by atoms with Gasteiger partial charge in [0.2, 0.25) is 0 Å². The number of anilines is 1. The second-order valence-corrected chi connectivity index (χ2v) is 5.22. The van der Waals surface area contributed by atoms with Crippen LogP contribution in [0.4, 0.5) is 5.82 Å². The largest absolute Gasteiger partial charge is 0.349 e. The Bertz CT molecular complexity index is 439. The van der Waals surface area contributed by atoms with E-state index in [1.54, 1.807) is 6.07 Å². The molecule has 0 aromatic carbocycles. The maximum atomic E-state index is 12.3. The first-order chi connectivity index (χ1) is 9.13. The molecule has 1 heterocycles. The molecule has 1 aromatic heterocycles. The predicted octanol–water partition coefficient (Wildman–Crippen LogP) is 1.85. The molecule has 1 aliphatic rings. The number of hydrazine groups is 1. The average Bonchev–Trinajstić information content (AvgIpc) is 2.83. The van der Waals surface area contributed by atoms with Crippen LogP contribution in [0.2, 0.25) is 0 Å². The van der Waals surface area contributed by atoms with Crippen LogP contribution < -0.4 is 16.6 Å². The van der Waals surface area contributed by atoms with Crippen molar-refractivity contribution in [3.8, 4) is 0 Å². The van der Waals surface area contributed by atoms with Crippen molar-refractivity contribution in [1.82, 2.24) is 10.3 Å². The van der Waals surface area contributed by atoms with Crippen molar-refractivity contribution in [3.63, 3.8) is 0 Å². The van der Waals surface area contributed by atoms with E-state index in [0.717, 1.165) is 18.5 Å². The van der Waals surface area contributed by atoms with Crippen LogP contribution in [0, 0.1) is 5.92 Å². The molecule has 1 aromatic rings. The molecule has 19 heavy (non-hydrogen) atoms. The highest BCUT2D eigenvalue weighted by molar-refractivity contribution is 5.95. The van der Waals surface area contributed by atoms with Gasteiger partial charge < -0.3 is 10.7 Å². The fourth-order valence-electron chi connectivity index (χ4n) is 2.59. The molecule has 2 unspecified atom stereocenters. The molecule has 0 aliphatic heterocycles. The molecule has 0 spiro atoms. The van der Waals surface area contributed by atoms with E-state index in [4.69, 9.17) is 5.84 Å². The highest BCUT2D eigenvalue weighted by atomic mass is 16.1. The van der Waals surface area contributed by atoms with Crippen LogP contribution in [0.3, 0.4) is 0 Å². The van der Waals surface area contributed by atoms with Gasteiger partial charge in [0.15, 0.2) is 0 Å². The van der Waals surface area contributed by atoms with E-state index in [1.807, 2.05) is 13.0 Å². The second-order valence-electron chi connectivity index (χ2n) is 5.22. The van der Waals surface area contributed by atoms with Crippen molar-refractivity contribution in [2.45, 2.75) is 45.6 Å². The number of amides is 1. The number of aryl methyl sites for hydroxylation is 1. The molecule has 0 radical (unpaired) electrons. The number of nitrogens with two attached hydrogens (primary N) is 1. The molecule has 5 nitrogen and oxygen atoms in total. The average molecular weight is 262 g/mol. The Morgan fingerprint density at radius 3 is 2.84 bits per heavy atom. The summed E-state index contributed by atoms with van der Waals surface area (Å²) in [5.74, 6) is 6.44. The van der Waals surface area contributed by atoms with Crippen LogP contribution in [0.25, 0.3) is 0 Å². The van der Waals surface area contributed by atoms with Crippen LogP contribution in [0.1, 0.15) is 49.2 Å². The maximum absolute atomic E-state index is 12.3. The number of carbonyl (C=O) groups is 1. The standard InChI is InChI=1S/C14H22N4O/c1-3-11-7-10(8-13(16-11)18-15)14(19)17-12-6-4-5-9(12)2/h7-9,12H,3-6,15H2,1-2H3,(H,16,18)(H,17,19). The molecule has 5 heteroatoms. The van der Waals surface area contributed by atoms with Gasteiger partial charge >= 0.3 is 0 Å². The molecule has 2 atom stereocenters. The van der Waals surface area contributed by atoms with Gasteiger partial charge in [-0.15, -0.1) is 0 Å². The number of nitrogen functional groups attached to an aromatic ring is 1. The molecule has 4 N–H and O–H groups in total. The Kier molecular flexibility index (Phi) is 4.37. The van der Waals surface area contributed by atoms with E-state index in [2.05, 4.69) is 22.7 Å². The third-order valence-corrected chi connectivity index (χ3v) is 3.83. The van der Waals surface area contributed by atoms with Crippen molar-refractivity contribution in [3.05, 3.63) is 23.4 Å². The summed E-state index contributed by atoms with van der Waals surface area (Å²) in [6.07, 6.45) is 4.23. The fourth-order valence-corrected chi connectivity index (χ4v) is 2.59. The van der Waals surface area contributed by atoms with Gasteiger partial charge in [-0.1, -0.05) is 20.3 Å². The molecule has 0 bridgehead atoms. The minimum atomic E-state index is -0.0349. The van der Waals surface area contributed by atoms with Crippen molar-refractivity contribution in [2.75, 3.05) is 5.43 Å². The van der Waals surface area contributed by atoms with Gasteiger partial charge in [0, 0.05) is 17.3 Å². The van der Waals surface area contributed by atoms with Crippen LogP contribution in [-0.2, 0) is 6.42 Å². The summed E-state index contributed by atoms with van der Waals surface area (Å²) < 4.78 is 0. The Morgan fingerprint density at radius 1 is 1.47 bits per heavy atom. The van der Waals surface area contributed by atoms with Gasteiger partial charge in [0.1, 0.15) is 5.82 Å². The lowest BCUT2D eigenvalue weighted by atomic mass is 10.1. The number of nitrogens with one attached hydrogen (secondary N) is 2. The summed E-state index contributed by atoms with van der Waals surface area (Å²) >= 11 is 0. The summed E-state index contributed by atoms with van der Waals surface area (Å²) in [4.78, 5) is 16.6. The molecule has 1 amide bonds. The first kappa shape index (κ1) is 13.8. The van der Waals surface area contributed by atoms with Gasteiger partial charge in [-0.2, -0.15) is 0 Å². The van der Waals surface area contributed by atoms with E-state index in [1.165, 1.54) is 12.8 Å². The zero-order valence-corrected chi connectivity index (χ0v) is 11.6. The first-order valence-electron chi connectivity index (χ1n) is 6.92. The van der Waals surface area contributed by atoms with E-state index >= 15 is 0 Å². The van der Waals surface area contributed by atoms with E-state index in [9.17, 15) is 4.79 Å². The number of aromatic nitrogens is 1. The number of carbonyl (C=O) groups excluding carboxylic acids is 1. The van der Waals surface area contributed by atoms with E-state index in [-0.39, 0.29) is 5.91 Å². The lowest BCUT2D eigenvalue weighted by Crippen LogP contribution is -2.36. The summed E-state index contributed by atoms with van der Waals surface area (Å²) in [7, 11) is 0. The quantitative estimate of drug-likeness (QED) is 0.571. The summed E-state index contributed by atoms with van der Waals surface area (Å²) in [6, 6.07) is 3.81. The minimum Gasteiger partial charge on any atom is -0.349 e. The van der Waals surface area contributed by atoms with Gasteiger partial charge in [0.25, 0.3) is 5.91 Å². The van der Waals surface area contributed by atoms with Gasteiger partial charge in [0.05, 0.1) is 0 Å². The van der Waals surface area contributed by atoms with Crippen molar-refractivity contribution >= 4 is 11.7 Å². The zero-order chi connectivity index (χ0) is 13.8. The van der Waals surface area contributed by atoms with Crippen LogP contribution >= 0.6 is 0 Å². The first-order valence-corrected chi connectivity index (χ1v) is 6.92. The lowest BCUT2D eigenvalue weighted by molar-refractivity contribution is 0.0929. The third kappa shape index (κ3) is 3.23. The zero-order valence-electron chi connectivity index (χ0n) is 11.6. The van der Waals surface area contributed by atoms with Gasteiger partial charge in [-0.3, -0.25) is 4.79 Å². The Balaban J connectivity index is 2.13. The molecular formula is C14H22N4O. The molecule has 104 valence electrons. The Morgan fingerprint density at radius 2 is 2.26 bits per heavy atom. The number of nitrogens with zero attached hydrogens (tertiary/aromatic N) is 1. The molecule has 0 saturated heterocycles. The highest BCUT2D eigenvalue weighted by Gasteiger charge is 2.25. The molecule has 1 saturated carbocycles. The smallest absolute Gasteiger partial charge is 0.251 e. The molecule has 1 fully saturated rings. The predicted molar refractivity (Wildman–Crippen MR) is 75.7 cm³/mol. The second kappa shape index (κ2) is 6.02. The van der Waals surface area contributed by atoms with Gasteiger partial charge in [-0.25, -0.2) is 10.8 Å². The summed E-state index contributed by atoms with van der Waals surface area (Å²) in [5, 5.41) is 3.11. The summed E-state index contributed by atoms with van der Waals surface area (Å²) in [6.45, 7) is 4.19. The highest BCUT2D eigenvalue weighted by Crippen LogP contribution is 2.25. The third-order valence-electron chi connectivity index (χ3n) is 3.83. The number of hydrogen-bond donors (Lipinski definition) is 3. The summed E-state index contributed by atoms with van der Waals surface area (Å²) in [5.41, 5.74) is 3.99. The van der Waals surface area contributed by atoms with E-state index < -0.39 is 0 Å². The SMILES string of the molecule is CCc1cc(C(=O)NC2CCCC2C)cc(NN)n1. The Labute approximate surface area is 114 Å². The van der Waals surface area contributed by atoms with Crippen molar-refractivity contribution < 1.29 is 4.79 Å². The van der Waals surface area contributed by atoms with Crippen LogP contribution in [-0.4, -0.2) is 16.9 Å².